The molecule has 0 amide bonds. The van der Waals surface area contributed by atoms with Crippen LogP contribution in [0.25, 0.3) is 0 Å². The maximum absolute atomic E-state index is 10.6. The molecule has 2 aliphatic rings. The van der Waals surface area contributed by atoms with Crippen molar-refractivity contribution >= 4 is 5.97 Å². The molecule has 0 aromatic carbocycles. The summed E-state index contributed by atoms with van der Waals surface area (Å²) in [6, 6.07) is 0. The molecular weight excluding hydrogens is 230 g/mol. The molecule has 2 aliphatic heterocycles. The van der Waals surface area contributed by atoms with Crippen LogP contribution in [-0.2, 0) is 4.79 Å². The Morgan fingerprint density at radius 1 is 0.833 bits per heavy atom. The second-order valence-corrected chi connectivity index (χ2v) is 5.41. The van der Waals surface area contributed by atoms with Crippen molar-refractivity contribution in [1.82, 2.24) is 14.7 Å². The van der Waals surface area contributed by atoms with E-state index in [9.17, 15) is 4.79 Å². The molecular formula is C13H25N3O2. The number of hydrogen-bond acceptors (Lipinski definition) is 4. The average Bonchev–Trinajstić information content (AvgIpc) is 2.84. The van der Waals surface area contributed by atoms with Gasteiger partial charge in [-0.1, -0.05) is 0 Å². The summed E-state index contributed by atoms with van der Waals surface area (Å²) in [5, 5.41) is 8.73. The molecule has 2 saturated heterocycles. The molecule has 2 rings (SSSR count). The first-order valence-corrected chi connectivity index (χ1v) is 7.13. The Labute approximate surface area is 109 Å². The Hall–Kier alpha value is -0.650. The van der Waals surface area contributed by atoms with E-state index in [2.05, 4.69) is 9.80 Å². The second-order valence-electron chi connectivity index (χ2n) is 5.41. The Balaban J connectivity index is 1.54. The van der Waals surface area contributed by atoms with E-state index in [-0.39, 0.29) is 6.54 Å². The van der Waals surface area contributed by atoms with E-state index < -0.39 is 5.97 Å². The fourth-order valence-electron chi connectivity index (χ4n) is 2.89. The summed E-state index contributed by atoms with van der Waals surface area (Å²) in [4.78, 5) is 17.7. The van der Waals surface area contributed by atoms with Gasteiger partial charge >= 0.3 is 5.97 Å². The van der Waals surface area contributed by atoms with Crippen molar-refractivity contribution in [3.8, 4) is 0 Å². The third kappa shape index (κ3) is 4.55. The van der Waals surface area contributed by atoms with E-state index in [0.717, 1.165) is 32.7 Å². The Morgan fingerprint density at radius 2 is 1.33 bits per heavy atom. The van der Waals surface area contributed by atoms with E-state index >= 15 is 0 Å². The number of aliphatic carboxylic acids is 1. The molecule has 18 heavy (non-hydrogen) atoms. The van der Waals surface area contributed by atoms with Crippen LogP contribution < -0.4 is 0 Å². The summed E-state index contributed by atoms with van der Waals surface area (Å²) in [7, 11) is 0. The average molecular weight is 255 g/mol. The molecule has 0 aromatic rings. The minimum Gasteiger partial charge on any atom is -0.480 e. The van der Waals surface area contributed by atoms with Gasteiger partial charge in [-0.05, 0) is 45.4 Å². The van der Waals surface area contributed by atoms with Crippen molar-refractivity contribution in [2.24, 2.45) is 0 Å². The van der Waals surface area contributed by atoms with Crippen molar-refractivity contribution in [2.75, 3.05) is 58.9 Å². The normalized spacial score (nSPS) is 23.6. The van der Waals surface area contributed by atoms with Crippen molar-refractivity contribution in [1.29, 1.82) is 0 Å². The first kappa shape index (κ1) is 13.8. The van der Waals surface area contributed by atoms with Gasteiger partial charge in [0.2, 0.25) is 0 Å². The van der Waals surface area contributed by atoms with Gasteiger partial charge < -0.3 is 14.9 Å². The van der Waals surface area contributed by atoms with Crippen LogP contribution in [0.15, 0.2) is 0 Å². The molecule has 0 aromatic heterocycles. The zero-order chi connectivity index (χ0) is 12.8. The van der Waals surface area contributed by atoms with Crippen LogP contribution in [0.5, 0.6) is 0 Å². The summed E-state index contributed by atoms with van der Waals surface area (Å²) in [6.07, 6.45) is 3.99. The molecule has 0 spiro atoms. The number of carbonyl (C=O) groups is 1. The molecule has 0 saturated carbocycles. The van der Waals surface area contributed by atoms with Gasteiger partial charge in [0.15, 0.2) is 0 Å². The van der Waals surface area contributed by atoms with E-state index in [1.54, 1.807) is 0 Å². The van der Waals surface area contributed by atoms with E-state index in [4.69, 9.17) is 5.11 Å². The standard InChI is InChI=1S/C13H25N3O2/c17-13(18)12-16-10-8-15(9-11-16)7-3-6-14-4-1-2-5-14/h1-12H2,(H,17,18). The fourth-order valence-corrected chi connectivity index (χ4v) is 2.89. The zero-order valence-corrected chi connectivity index (χ0v) is 11.2. The minimum absolute atomic E-state index is 0.196. The third-order valence-electron chi connectivity index (χ3n) is 3.97. The number of piperazine rings is 1. The maximum Gasteiger partial charge on any atom is 0.317 e. The molecule has 104 valence electrons. The van der Waals surface area contributed by atoms with Gasteiger partial charge in [-0.15, -0.1) is 0 Å². The van der Waals surface area contributed by atoms with Crippen LogP contribution in [0.1, 0.15) is 19.3 Å². The molecule has 2 fully saturated rings. The van der Waals surface area contributed by atoms with Crippen LogP contribution in [0, 0.1) is 0 Å². The first-order valence-electron chi connectivity index (χ1n) is 7.13. The van der Waals surface area contributed by atoms with Crippen LogP contribution in [-0.4, -0.2) is 84.7 Å². The van der Waals surface area contributed by atoms with Gasteiger partial charge in [0.1, 0.15) is 0 Å². The molecule has 0 radical (unpaired) electrons. The highest BCUT2D eigenvalue weighted by molar-refractivity contribution is 5.69. The van der Waals surface area contributed by atoms with Crippen LogP contribution in [0.3, 0.4) is 0 Å². The second kappa shape index (κ2) is 7.07. The Morgan fingerprint density at radius 3 is 1.89 bits per heavy atom. The number of carboxylic acid groups (broad SMARTS) is 1. The van der Waals surface area contributed by atoms with Crippen molar-refractivity contribution in [3.05, 3.63) is 0 Å². The highest BCUT2D eigenvalue weighted by Crippen LogP contribution is 2.08. The molecule has 2 heterocycles. The summed E-state index contributed by atoms with van der Waals surface area (Å²) >= 11 is 0. The molecule has 0 atom stereocenters. The van der Waals surface area contributed by atoms with Crippen LogP contribution >= 0.6 is 0 Å². The van der Waals surface area contributed by atoms with Crippen molar-refractivity contribution < 1.29 is 9.90 Å². The Bertz CT molecular complexity index is 259. The predicted molar refractivity (Wildman–Crippen MR) is 70.8 cm³/mol. The van der Waals surface area contributed by atoms with Gasteiger partial charge in [0.05, 0.1) is 6.54 Å². The molecule has 5 heteroatoms. The lowest BCUT2D eigenvalue weighted by atomic mass is 10.3. The smallest absolute Gasteiger partial charge is 0.317 e. The summed E-state index contributed by atoms with van der Waals surface area (Å²) in [5.41, 5.74) is 0. The van der Waals surface area contributed by atoms with E-state index in [1.807, 2.05) is 4.90 Å². The monoisotopic (exact) mass is 255 g/mol. The number of rotatable bonds is 6. The van der Waals surface area contributed by atoms with E-state index in [0.29, 0.717) is 0 Å². The van der Waals surface area contributed by atoms with Gasteiger partial charge in [-0.2, -0.15) is 0 Å². The SMILES string of the molecule is O=C(O)CN1CCN(CCCN2CCCC2)CC1. The van der Waals surface area contributed by atoms with Crippen molar-refractivity contribution in [3.63, 3.8) is 0 Å². The molecule has 0 bridgehead atoms. The minimum atomic E-state index is -0.711. The Kier molecular flexibility index (Phi) is 5.41. The van der Waals surface area contributed by atoms with Gasteiger partial charge in [-0.3, -0.25) is 9.69 Å². The lowest BCUT2D eigenvalue weighted by Crippen LogP contribution is -2.48. The third-order valence-corrected chi connectivity index (χ3v) is 3.97. The lowest BCUT2D eigenvalue weighted by Gasteiger charge is -2.34. The number of carboxylic acids is 1. The highest BCUT2D eigenvalue weighted by Gasteiger charge is 2.18. The fraction of sp³-hybridized carbons (Fsp3) is 0.923. The molecule has 5 nitrogen and oxygen atoms in total. The quantitative estimate of drug-likeness (QED) is 0.733. The zero-order valence-electron chi connectivity index (χ0n) is 11.2. The summed E-state index contributed by atoms with van der Waals surface area (Å²) in [5.74, 6) is -0.711. The number of likely N-dealkylation sites (tertiary alicyclic amines) is 1. The van der Waals surface area contributed by atoms with Gasteiger partial charge in [-0.25, -0.2) is 0 Å². The van der Waals surface area contributed by atoms with Crippen LogP contribution in [0.4, 0.5) is 0 Å². The van der Waals surface area contributed by atoms with Gasteiger partial charge in [0, 0.05) is 26.2 Å². The molecule has 1 N–H and O–H groups in total. The number of nitrogens with zero attached hydrogens (tertiary/aromatic N) is 3. The van der Waals surface area contributed by atoms with Crippen LogP contribution in [0.2, 0.25) is 0 Å². The highest BCUT2D eigenvalue weighted by atomic mass is 16.4. The maximum atomic E-state index is 10.6. The largest absolute Gasteiger partial charge is 0.480 e. The van der Waals surface area contributed by atoms with Crippen molar-refractivity contribution in [2.45, 2.75) is 19.3 Å². The molecule has 0 unspecified atom stereocenters. The number of hydrogen-bond donors (Lipinski definition) is 1. The summed E-state index contributed by atoms with van der Waals surface area (Å²) in [6.45, 7) is 9.00. The lowest BCUT2D eigenvalue weighted by molar-refractivity contribution is -0.138. The van der Waals surface area contributed by atoms with Gasteiger partial charge in [0.25, 0.3) is 0 Å². The van der Waals surface area contributed by atoms with E-state index in [1.165, 1.54) is 38.9 Å². The molecule has 0 aliphatic carbocycles. The first-order chi connectivity index (χ1) is 8.74. The predicted octanol–water partition coefficient (Wildman–Crippen LogP) is 0.175. The topological polar surface area (TPSA) is 47.0 Å². The summed E-state index contributed by atoms with van der Waals surface area (Å²) < 4.78 is 0.